The van der Waals surface area contributed by atoms with Crippen LogP contribution in [0.15, 0.2) is 0 Å². The molecule has 0 rings (SSSR count). The molecular formula is C25H50O12. The molecule has 0 saturated carbocycles. The Kier molecular flexibility index (Phi) is 30.5. The molecule has 0 saturated heterocycles. The van der Waals surface area contributed by atoms with Gasteiger partial charge in [0.15, 0.2) is 0 Å². The van der Waals surface area contributed by atoms with E-state index in [4.69, 9.17) is 47.7 Å². The SMILES string of the molecule is CCCCCC(=O)OCCOCCOCCOCCOCC(O)COCCOCCOCCOCCO. The van der Waals surface area contributed by atoms with E-state index in [1.165, 1.54) is 0 Å². The minimum absolute atomic E-state index is 0.00951. The molecule has 0 aliphatic heterocycles. The van der Waals surface area contributed by atoms with E-state index in [0.29, 0.717) is 98.9 Å². The summed E-state index contributed by atoms with van der Waals surface area (Å²) in [5.74, 6) is -0.171. The van der Waals surface area contributed by atoms with Crippen molar-refractivity contribution in [2.45, 2.75) is 38.7 Å². The van der Waals surface area contributed by atoms with Gasteiger partial charge >= 0.3 is 5.97 Å². The predicted molar refractivity (Wildman–Crippen MR) is 135 cm³/mol. The van der Waals surface area contributed by atoms with E-state index in [-0.39, 0.29) is 32.4 Å². The Bertz CT molecular complexity index is 455. The zero-order chi connectivity index (χ0) is 27.1. The Hall–Kier alpha value is -0.930. The molecule has 0 bridgehead atoms. The maximum Gasteiger partial charge on any atom is 0.305 e. The molecule has 0 radical (unpaired) electrons. The summed E-state index contributed by atoms with van der Waals surface area (Å²) < 4.78 is 47.6. The van der Waals surface area contributed by atoms with Crippen LogP contribution in [0.1, 0.15) is 32.6 Å². The second kappa shape index (κ2) is 31.3. The summed E-state index contributed by atoms with van der Waals surface area (Å²) in [7, 11) is 0. The molecule has 0 heterocycles. The van der Waals surface area contributed by atoms with E-state index in [1.54, 1.807) is 0 Å². The fourth-order valence-corrected chi connectivity index (χ4v) is 2.68. The summed E-state index contributed by atoms with van der Waals surface area (Å²) in [4.78, 5) is 11.4. The van der Waals surface area contributed by atoms with Crippen molar-refractivity contribution in [3.8, 4) is 0 Å². The third kappa shape index (κ3) is 31.2. The van der Waals surface area contributed by atoms with Crippen LogP contribution in [-0.4, -0.2) is 141 Å². The van der Waals surface area contributed by atoms with Crippen molar-refractivity contribution in [2.75, 3.05) is 119 Å². The van der Waals surface area contributed by atoms with Crippen molar-refractivity contribution in [3.05, 3.63) is 0 Å². The van der Waals surface area contributed by atoms with Crippen molar-refractivity contribution in [2.24, 2.45) is 0 Å². The lowest BCUT2D eigenvalue weighted by Gasteiger charge is -2.12. The van der Waals surface area contributed by atoms with E-state index in [1.807, 2.05) is 0 Å². The third-order valence-corrected chi connectivity index (χ3v) is 4.56. The highest BCUT2D eigenvalue weighted by Gasteiger charge is 2.05. The molecule has 0 spiro atoms. The average Bonchev–Trinajstić information content (AvgIpc) is 2.89. The smallest absolute Gasteiger partial charge is 0.305 e. The number of esters is 1. The number of hydrogen-bond donors (Lipinski definition) is 2. The summed E-state index contributed by atoms with van der Waals surface area (Å²) in [6, 6.07) is 0. The largest absolute Gasteiger partial charge is 0.463 e. The van der Waals surface area contributed by atoms with Gasteiger partial charge < -0.3 is 52.8 Å². The number of unbranched alkanes of at least 4 members (excludes halogenated alkanes) is 2. The number of aliphatic hydroxyl groups excluding tert-OH is 2. The van der Waals surface area contributed by atoms with Gasteiger partial charge in [-0.15, -0.1) is 0 Å². The average molecular weight is 543 g/mol. The van der Waals surface area contributed by atoms with E-state index in [9.17, 15) is 9.90 Å². The quantitative estimate of drug-likeness (QED) is 0.0936. The fourth-order valence-electron chi connectivity index (χ4n) is 2.68. The number of carbonyl (C=O) groups is 1. The number of rotatable bonds is 31. The molecule has 0 aromatic rings. The van der Waals surface area contributed by atoms with Gasteiger partial charge in [-0.3, -0.25) is 4.79 Å². The summed E-state index contributed by atoms with van der Waals surface area (Å²) in [6.45, 7) is 8.50. The van der Waals surface area contributed by atoms with Crippen LogP contribution in [0.4, 0.5) is 0 Å². The zero-order valence-electron chi connectivity index (χ0n) is 22.6. The lowest BCUT2D eigenvalue weighted by Crippen LogP contribution is -2.24. The van der Waals surface area contributed by atoms with Crippen molar-refractivity contribution < 1.29 is 57.6 Å². The van der Waals surface area contributed by atoms with Crippen LogP contribution in [0.3, 0.4) is 0 Å². The van der Waals surface area contributed by atoms with E-state index >= 15 is 0 Å². The molecule has 0 aliphatic carbocycles. The van der Waals surface area contributed by atoms with Crippen LogP contribution in [0, 0.1) is 0 Å². The molecule has 0 fully saturated rings. The number of hydrogen-bond acceptors (Lipinski definition) is 12. The van der Waals surface area contributed by atoms with Gasteiger partial charge in [0, 0.05) is 6.42 Å². The van der Waals surface area contributed by atoms with Crippen molar-refractivity contribution in [1.82, 2.24) is 0 Å². The van der Waals surface area contributed by atoms with Gasteiger partial charge in [-0.1, -0.05) is 19.8 Å². The molecule has 1 unspecified atom stereocenters. The maximum atomic E-state index is 11.4. The van der Waals surface area contributed by atoms with Crippen LogP contribution in [-0.2, 0) is 47.4 Å². The maximum absolute atomic E-state index is 11.4. The van der Waals surface area contributed by atoms with Gasteiger partial charge in [0.05, 0.1) is 112 Å². The summed E-state index contributed by atoms with van der Waals surface area (Å²) in [6.07, 6.45) is 2.75. The van der Waals surface area contributed by atoms with Gasteiger partial charge in [0.25, 0.3) is 0 Å². The second-order valence-corrected chi connectivity index (χ2v) is 7.88. The van der Waals surface area contributed by atoms with Crippen LogP contribution < -0.4 is 0 Å². The Morgan fingerprint density at radius 2 is 0.946 bits per heavy atom. The van der Waals surface area contributed by atoms with Crippen LogP contribution in [0.5, 0.6) is 0 Å². The van der Waals surface area contributed by atoms with Gasteiger partial charge in [0.2, 0.25) is 0 Å². The molecule has 12 nitrogen and oxygen atoms in total. The van der Waals surface area contributed by atoms with E-state index in [2.05, 4.69) is 6.92 Å². The predicted octanol–water partition coefficient (Wildman–Crippen LogP) is 0.596. The molecule has 0 amide bonds. The van der Waals surface area contributed by atoms with Gasteiger partial charge in [-0.05, 0) is 6.42 Å². The normalized spacial score (nSPS) is 12.2. The van der Waals surface area contributed by atoms with Crippen LogP contribution in [0.2, 0.25) is 0 Å². The Labute approximate surface area is 221 Å². The molecule has 1 atom stereocenters. The monoisotopic (exact) mass is 542 g/mol. The first-order chi connectivity index (χ1) is 18.2. The zero-order valence-corrected chi connectivity index (χ0v) is 22.6. The lowest BCUT2D eigenvalue weighted by atomic mass is 10.2. The third-order valence-electron chi connectivity index (χ3n) is 4.56. The van der Waals surface area contributed by atoms with Gasteiger partial charge in [-0.2, -0.15) is 0 Å². The highest BCUT2D eigenvalue weighted by atomic mass is 16.6. The molecule has 0 aromatic heterocycles. The first-order valence-electron chi connectivity index (χ1n) is 13.3. The molecule has 12 heteroatoms. The number of aliphatic hydroxyl groups is 2. The molecule has 37 heavy (non-hydrogen) atoms. The molecule has 222 valence electrons. The fraction of sp³-hybridized carbons (Fsp3) is 0.960. The first kappa shape index (κ1) is 36.1. The minimum atomic E-state index is -0.713. The standard InChI is InChI=1S/C25H50O12/c1-2-3-4-5-25(28)37-21-20-34-15-14-31-11-13-33-17-19-36-23-24(27)22-35-18-16-32-12-10-30-9-8-29-7-6-26/h24,26-27H,2-23H2,1H3. The van der Waals surface area contributed by atoms with Gasteiger partial charge in [0.1, 0.15) is 12.7 Å². The second-order valence-electron chi connectivity index (χ2n) is 7.88. The van der Waals surface area contributed by atoms with Gasteiger partial charge in [-0.25, -0.2) is 0 Å². The summed E-state index contributed by atoms with van der Waals surface area (Å²) >= 11 is 0. The Morgan fingerprint density at radius 1 is 0.568 bits per heavy atom. The lowest BCUT2D eigenvalue weighted by molar-refractivity contribution is -0.145. The number of ether oxygens (including phenoxy) is 9. The van der Waals surface area contributed by atoms with Crippen molar-refractivity contribution in [1.29, 1.82) is 0 Å². The van der Waals surface area contributed by atoms with Crippen LogP contribution in [0.25, 0.3) is 0 Å². The first-order valence-corrected chi connectivity index (χ1v) is 13.3. The molecular weight excluding hydrogens is 492 g/mol. The highest BCUT2D eigenvalue weighted by Crippen LogP contribution is 2.00. The summed E-state index contributed by atoms with van der Waals surface area (Å²) in [5.41, 5.74) is 0. The highest BCUT2D eigenvalue weighted by molar-refractivity contribution is 5.69. The molecule has 0 aliphatic rings. The van der Waals surface area contributed by atoms with E-state index in [0.717, 1.165) is 19.3 Å². The number of carbonyl (C=O) groups excluding carboxylic acids is 1. The molecule has 2 N–H and O–H groups in total. The summed E-state index contributed by atoms with van der Waals surface area (Å²) in [5, 5.41) is 18.4. The molecule has 0 aromatic carbocycles. The van der Waals surface area contributed by atoms with Crippen molar-refractivity contribution in [3.63, 3.8) is 0 Å². The van der Waals surface area contributed by atoms with Crippen LogP contribution >= 0.6 is 0 Å². The van der Waals surface area contributed by atoms with E-state index < -0.39 is 6.10 Å². The van der Waals surface area contributed by atoms with Crippen molar-refractivity contribution >= 4 is 5.97 Å². The minimum Gasteiger partial charge on any atom is -0.463 e. The topological polar surface area (TPSA) is 141 Å². The Balaban J connectivity index is 3.18. The Morgan fingerprint density at radius 3 is 1.35 bits per heavy atom.